The van der Waals surface area contributed by atoms with Gasteiger partial charge in [-0.15, -0.1) is 11.8 Å². The Morgan fingerprint density at radius 1 is 1.40 bits per heavy atom. The van der Waals surface area contributed by atoms with Crippen molar-refractivity contribution in [2.45, 2.75) is 24.3 Å². The molecule has 0 saturated heterocycles. The summed E-state index contributed by atoms with van der Waals surface area (Å²) in [5.74, 6) is -1.34. The molecule has 0 saturated carbocycles. The van der Waals surface area contributed by atoms with Crippen LogP contribution in [0.1, 0.15) is 24.2 Å². The Morgan fingerprint density at radius 3 is 2.55 bits per heavy atom. The summed E-state index contributed by atoms with van der Waals surface area (Å²) < 4.78 is 4.76. The maximum Gasteiger partial charge on any atom is 0.342 e. The lowest BCUT2D eigenvalue weighted by Gasteiger charge is -2.23. The van der Waals surface area contributed by atoms with E-state index in [1.807, 2.05) is 12.3 Å². The van der Waals surface area contributed by atoms with E-state index in [4.69, 9.17) is 4.74 Å². The molecule has 108 valence electrons. The molecule has 0 aliphatic rings. The first-order valence-electron chi connectivity index (χ1n) is 6.13. The maximum absolute atomic E-state index is 12.4. The van der Waals surface area contributed by atoms with Crippen molar-refractivity contribution < 1.29 is 19.4 Å². The minimum Gasteiger partial charge on any atom is -0.464 e. The normalized spacial score (nSPS) is 13.4. The van der Waals surface area contributed by atoms with Crippen molar-refractivity contribution in [3.05, 3.63) is 42.0 Å². The van der Waals surface area contributed by atoms with Crippen LogP contribution in [0.5, 0.6) is 0 Å². The second-order valence-electron chi connectivity index (χ2n) is 4.30. The third-order valence-electron chi connectivity index (χ3n) is 2.89. The fraction of sp³-hybridized carbons (Fsp3) is 0.333. The van der Waals surface area contributed by atoms with Crippen molar-refractivity contribution in [1.29, 1.82) is 0 Å². The lowest BCUT2D eigenvalue weighted by molar-refractivity contribution is -0.159. The molecule has 0 heterocycles. The number of ether oxygens (including phenoxy) is 1. The predicted molar refractivity (Wildman–Crippen MR) is 79.0 cm³/mol. The lowest BCUT2D eigenvalue weighted by Crippen LogP contribution is -2.41. The Labute approximate surface area is 122 Å². The zero-order valence-corrected chi connectivity index (χ0v) is 12.6. The van der Waals surface area contributed by atoms with Crippen LogP contribution in [0.25, 0.3) is 0 Å². The van der Waals surface area contributed by atoms with Crippen LogP contribution >= 0.6 is 11.8 Å². The van der Waals surface area contributed by atoms with Crippen molar-refractivity contribution in [3.63, 3.8) is 0 Å². The first-order chi connectivity index (χ1) is 9.36. The number of ketones is 1. The van der Waals surface area contributed by atoms with Gasteiger partial charge in [0.1, 0.15) is 0 Å². The standard InChI is InChI=1S/C15H18O4S/c1-5-19-14(17)15(3,18)10(2)13(16)11-8-6-7-9-12(11)20-4/h6-9,18H,2,5H2,1,3-4H3. The van der Waals surface area contributed by atoms with Gasteiger partial charge in [0.15, 0.2) is 11.4 Å². The van der Waals surface area contributed by atoms with Crippen LogP contribution in [0.4, 0.5) is 0 Å². The topological polar surface area (TPSA) is 63.6 Å². The molecule has 1 rings (SSSR count). The number of carbonyl (C=O) groups excluding carboxylic acids is 2. The molecule has 20 heavy (non-hydrogen) atoms. The average molecular weight is 294 g/mol. The lowest BCUT2D eigenvalue weighted by atomic mass is 9.90. The van der Waals surface area contributed by atoms with Crippen LogP contribution < -0.4 is 0 Å². The third-order valence-corrected chi connectivity index (χ3v) is 3.68. The monoisotopic (exact) mass is 294 g/mol. The Bertz CT molecular complexity index is 534. The first kappa shape index (κ1) is 16.5. The van der Waals surface area contributed by atoms with Gasteiger partial charge < -0.3 is 9.84 Å². The molecular formula is C15H18O4S. The summed E-state index contributed by atoms with van der Waals surface area (Å²) in [4.78, 5) is 24.9. The number of esters is 1. The van der Waals surface area contributed by atoms with Crippen molar-refractivity contribution >= 4 is 23.5 Å². The van der Waals surface area contributed by atoms with E-state index in [0.29, 0.717) is 5.56 Å². The van der Waals surface area contributed by atoms with Gasteiger partial charge in [-0.2, -0.15) is 0 Å². The molecule has 1 aromatic rings. The van der Waals surface area contributed by atoms with Gasteiger partial charge >= 0.3 is 5.97 Å². The molecule has 4 nitrogen and oxygen atoms in total. The molecule has 1 N–H and O–H groups in total. The minimum absolute atomic E-state index is 0.123. The van der Waals surface area contributed by atoms with Crippen molar-refractivity contribution in [2.75, 3.05) is 12.9 Å². The number of hydrogen-bond donors (Lipinski definition) is 1. The summed E-state index contributed by atoms with van der Waals surface area (Å²) in [6.07, 6.45) is 1.85. The second kappa shape index (κ2) is 6.72. The van der Waals surface area contributed by atoms with Gasteiger partial charge in [0.05, 0.1) is 6.61 Å². The maximum atomic E-state index is 12.4. The molecular weight excluding hydrogens is 276 g/mol. The molecule has 0 bridgehead atoms. The molecule has 1 aromatic carbocycles. The van der Waals surface area contributed by atoms with Crippen molar-refractivity contribution in [1.82, 2.24) is 0 Å². The van der Waals surface area contributed by atoms with Gasteiger partial charge in [0.2, 0.25) is 0 Å². The summed E-state index contributed by atoms with van der Waals surface area (Å²) in [6.45, 7) is 6.54. The largest absolute Gasteiger partial charge is 0.464 e. The molecule has 0 aromatic heterocycles. The summed E-state index contributed by atoms with van der Waals surface area (Å²) in [5.41, 5.74) is -1.81. The molecule has 0 amide bonds. The van der Waals surface area contributed by atoms with Gasteiger partial charge in [0.25, 0.3) is 0 Å². The number of carbonyl (C=O) groups is 2. The predicted octanol–water partition coefficient (Wildman–Crippen LogP) is 2.46. The van der Waals surface area contributed by atoms with E-state index in [1.54, 1.807) is 25.1 Å². The number of aliphatic hydroxyl groups is 1. The van der Waals surface area contributed by atoms with E-state index in [0.717, 1.165) is 4.90 Å². The molecule has 0 fully saturated rings. The van der Waals surface area contributed by atoms with Crippen LogP contribution in [0, 0.1) is 0 Å². The number of Topliss-reactive ketones (excluding diaryl/α,β-unsaturated/α-hetero) is 1. The first-order valence-corrected chi connectivity index (χ1v) is 7.35. The number of hydrogen-bond acceptors (Lipinski definition) is 5. The van der Waals surface area contributed by atoms with Gasteiger partial charge in [-0.25, -0.2) is 4.79 Å². The molecule has 5 heteroatoms. The zero-order chi connectivity index (χ0) is 15.3. The van der Waals surface area contributed by atoms with E-state index in [-0.39, 0.29) is 12.2 Å². The van der Waals surface area contributed by atoms with E-state index < -0.39 is 17.4 Å². The molecule has 0 aliphatic heterocycles. The highest BCUT2D eigenvalue weighted by Gasteiger charge is 2.39. The summed E-state index contributed by atoms with van der Waals surface area (Å²) in [6, 6.07) is 6.97. The van der Waals surface area contributed by atoms with Gasteiger partial charge in [-0.05, 0) is 32.2 Å². The zero-order valence-electron chi connectivity index (χ0n) is 11.8. The number of thioether (sulfide) groups is 1. The highest BCUT2D eigenvalue weighted by Crippen LogP contribution is 2.26. The Balaban J connectivity index is 3.08. The molecule has 0 aliphatic carbocycles. The van der Waals surface area contributed by atoms with Crippen LogP contribution in [0.15, 0.2) is 41.3 Å². The van der Waals surface area contributed by atoms with Crippen LogP contribution in [-0.2, 0) is 9.53 Å². The van der Waals surface area contributed by atoms with E-state index in [9.17, 15) is 14.7 Å². The Kier molecular flexibility index (Phi) is 5.53. The average Bonchev–Trinajstić information content (AvgIpc) is 2.45. The SMILES string of the molecule is C=C(C(=O)c1ccccc1SC)C(C)(O)C(=O)OCC. The van der Waals surface area contributed by atoms with E-state index >= 15 is 0 Å². The summed E-state index contributed by atoms with van der Waals surface area (Å²) in [5, 5.41) is 10.2. The van der Waals surface area contributed by atoms with Crippen molar-refractivity contribution in [3.8, 4) is 0 Å². The quantitative estimate of drug-likeness (QED) is 0.378. The smallest absolute Gasteiger partial charge is 0.342 e. The molecule has 0 radical (unpaired) electrons. The third kappa shape index (κ3) is 3.29. The van der Waals surface area contributed by atoms with Gasteiger partial charge in [-0.3, -0.25) is 4.79 Å². The van der Waals surface area contributed by atoms with Crippen LogP contribution in [0.2, 0.25) is 0 Å². The summed E-state index contributed by atoms with van der Waals surface area (Å²) in [7, 11) is 0. The van der Waals surface area contributed by atoms with Crippen LogP contribution in [0.3, 0.4) is 0 Å². The van der Waals surface area contributed by atoms with Gasteiger partial charge in [0, 0.05) is 16.0 Å². The van der Waals surface area contributed by atoms with Crippen molar-refractivity contribution in [2.24, 2.45) is 0 Å². The summed E-state index contributed by atoms with van der Waals surface area (Å²) >= 11 is 1.41. The second-order valence-corrected chi connectivity index (χ2v) is 5.15. The Morgan fingerprint density at radius 2 is 2.00 bits per heavy atom. The highest BCUT2D eigenvalue weighted by molar-refractivity contribution is 7.98. The van der Waals surface area contributed by atoms with E-state index in [1.165, 1.54) is 18.7 Å². The minimum atomic E-state index is -2.03. The van der Waals surface area contributed by atoms with E-state index in [2.05, 4.69) is 6.58 Å². The van der Waals surface area contributed by atoms with Crippen LogP contribution in [-0.4, -0.2) is 35.3 Å². The fourth-order valence-electron chi connectivity index (χ4n) is 1.61. The van der Waals surface area contributed by atoms with Gasteiger partial charge in [-0.1, -0.05) is 18.7 Å². The fourth-order valence-corrected chi connectivity index (χ4v) is 2.21. The molecule has 1 atom stereocenters. The Hall–Kier alpha value is -1.59. The molecule has 1 unspecified atom stereocenters. The highest BCUT2D eigenvalue weighted by atomic mass is 32.2. The molecule has 0 spiro atoms. The number of benzene rings is 1. The number of rotatable bonds is 6.